The number of rotatable bonds is 5. The molecule has 6 nitrogen and oxygen atoms in total. The number of hydrogen-bond acceptors (Lipinski definition) is 5. The van der Waals surface area contributed by atoms with Crippen LogP contribution in [0.1, 0.15) is 23.0 Å². The minimum Gasteiger partial charge on any atom is -0.488 e. The van der Waals surface area contributed by atoms with Crippen molar-refractivity contribution in [3.8, 4) is 5.75 Å². The molecular weight excluding hydrogens is 332 g/mol. The van der Waals surface area contributed by atoms with Crippen LogP contribution >= 0.6 is 0 Å². The summed E-state index contributed by atoms with van der Waals surface area (Å²) >= 11 is 0. The number of methoxy groups -OCH3 is 1. The Kier molecular flexibility index (Phi) is 5.12. The third kappa shape index (κ3) is 3.97. The number of fused-ring (bicyclic) bond motifs is 1. The Balaban J connectivity index is 2.01. The number of esters is 1. The van der Waals surface area contributed by atoms with E-state index in [4.69, 9.17) is 9.47 Å². The number of ether oxygens (including phenoxy) is 2. The van der Waals surface area contributed by atoms with Gasteiger partial charge in [-0.3, -0.25) is 4.79 Å². The summed E-state index contributed by atoms with van der Waals surface area (Å²) in [7, 11) is 1.30. The zero-order chi connectivity index (χ0) is 18.5. The molecule has 2 aromatic carbocycles. The topological polar surface area (TPSA) is 77.5 Å². The predicted octanol–water partition coefficient (Wildman–Crippen LogP) is 3.56. The Hall–Kier alpha value is -3.41. The molecule has 0 bridgehead atoms. The Morgan fingerprint density at radius 1 is 1.08 bits per heavy atom. The maximum absolute atomic E-state index is 11.9. The fourth-order valence-electron chi connectivity index (χ4n) is 2.54. The van der Waals surface area contributed by atoms with Crippen LogP contribution in [0.4, 0.5) is 5.69 Å². The normalized spacial score (nSPS) is 10.4. The van der Waals surface area contributed by atoms with E-state index in [9.17, 15) is 9.59 Å². The van der Waals surface area contributed by atoms with E-state index in [0.29, 0.717) is 23.6 Å². The van der Waals surface area contributed by atoms with Gasteiger partial charge in [-0.2, -0.15) is 0 Å². The molecular formula is C20H18N2O4. The quantitative estimate of drug-likeness (QED) is 0.712. The number of nitrogens with one attached hydrogen (secondary N) is 1. The molecule has 132 valence electrons. The molecule has 0 saturated carbocycles. The van der Waals surface area contributed by atoms with Crippen molar-refractivity contribution in [1.29, 1.82) is 0 Å². The highest BCUT2D eigenvalue weighted by Gasteiger charge is 2.14. The van der Waals surface area contributed by atoms with Crippen LogP contribution in [0, 0.1) is 0 Å². The van der Waals surface area contributed by atoms with Gasteiger partial charge in [-0.05, 0) is 23.8 Å². The van der Waals surface area contributed by atoms with E-state index < -0.39 is 5.97 Å². The Morgan fingerprint density at radius 2 is 1.85 bits per heavy atom. The van der Waals surface area contributed by atoms with Gasteiger partial charge in [0, 0.05) is 24.1 Å². The summed E-state index contributed by atoms with van der Waals surface area (Å²) in [6.45, 7) is 1.78. The maximum atomic E-state index is 11.9. The molecule has 0 fully saturated rings. The smallest absolute Gasteiger partial charge is 0.356 e. The molecule has 6 heteroatoms. The average Bonchev–Trinajstić information content (AvgIpc) is 2.65. The van der Waals surface area contributed by atoms with Crippen molar-refractivity contribution < 1.29 is 19.1 Å². The van der Waals surface area contributed by atoms with Crippen LogP contribution in [0.3, 0.4) is 0 Å². The zero-order valence-corrected chi connectivity index (χ0v) is 14.5. The summed E-state index contributed by atoms with van der Waals surface area (Å²) in [6, 6.07) is 16.5. The Bertz CT molecular complexity index is 955. The summed E-state index contributed by atoms with van der Waals surface area (Å²) in [5.74, 6) is -0.218. The van der Waals surface area contributed by atoms with Crippen molar-refractivity contribution in [2.75, 3.05) is 12.4 Å². The average molecular weight is 350 g/mol. The van der Waals surface area contributed by atoms with Gasteiger partial charge in [0.15, 0.2) is 5.69 Å². The van der Waals surface area contributed by atoms with Crippen LogP contribution in [-0.4, -0.2) is 24.0 Å². The molecule has 1 N–H and O–H groups in total. The third-order valence-corrected chi connectivity index (χ3v) is 3.72. The molecule has 3 rings (SSSR count). The molecule has 0 saturated heterocycles. The van der Waals surface area contributed by atoms with Gasteiger partial charge >= 0.3 is 5.97 Å². The van der Waals surface area contributed by atoms with Crippen LogP contribution in [0.2, 0.25) is 0 Å². The first-order valence-electron chi connectivity index (χ1n) is 8.04. The number of nitrogens with zero attached hydrogens (tertiary/aromatic N) is 1. The first-order chi connectivity index (χ1) is 12.6. The molecule has 0 unspecified atom stereocenters. The predicted molar refractivity (Wildman–Crippen MR) is 98.2 cm³/mol. The number of carbonyl (C=O) groups is 2. The largest absolute Gasteiger partial charge is 0.488 e. The second-order valence-corrected chi connectivity index (χ2v) is 5.68. The van der Waals surface area contributed by atoms with E-state index in [1.165, 1.54) is 14.0 Å². The van der Waals surface area contributed by atoms with Crippen LogP contribution in [-0.2, 0) is 16.1 Å². The van der Waals surface area contributed by atoms with E-state index in [1.54, 1.807) is 24.3 Å². The molecule has 0 aliphatic rings. The molecule has 26 heavy (non-hydrogen) atoms. The molecule has 0 aliphatic carbocycles. The van der Waals surface area contributed by atoms with Gasteiger partial charge < -0.3 is 14.8 Å². The molecule has 0 spiro atoms. The standard InChI is InChI=1S/C20H18N2O4/c1-13(23)21-15-8-9-16-17(10-15)22-18(20(24)25-2)11-19(16)26-12-14-6-4-3-5-7-14/h3-11H,12H2,1-2H3,(H,21,23). The number of pyridine rings is 1. The van der Waals surface area contributed by atoms with Crippen molar-refractivity contribution in [1.82, 2.24) is 4.98 Å². The number of aromatic nitrogens is 1. The number of anilines is 1. The number of benzene rings is 2. The molecule has 1 heterocycles. The third-order valence-electron chi connectivity index (χ3n) is 3.72. The monoisotopic (exact) mass is 350 g/mol. The van der Waals surface area contributed by atoms with Crippen molar-refractivity contribution >= 4 is 28.5 Å². The first-order valence-corrected chi connectivity index (χ1v) is 8.04. The molecule has 3 aromatic rings. The van der Waals surface area contributed by atoms with E-state index >= 15 is 0 Å². The summed E-state index contributed by atoms with van der Waals surface area (Å²) in [5.41, 5.74) is 2.27. The fourth-order valence-corrected chi connectivity index (χ4v) is 2.54. The number of amides is 1. The van der Waals surface area contributed by atoms with Crippen LogP contribution in [0.15, 0.2) is 54.6 Å². The van der Waals surface area contributed by atoms with Crippen molar-refractivity contribution in [2.24, 2.45) is 0 Å². The number of hydrogen-bond donors (Lipinski definition) is 1. The highest BCUT2D eigenvalue weighted by Crippen LogP contribution is 2.29. The summed E-state index contributed by atoms with van der Waals surface area (Å²) in [4.78, 5) is 27.5. The van der Waals surface area contributed by atoms with Gasteiger partial charge in [0.1, 0.15) is 12.4 Å². The van der Waals surface area contributed by atoms with Crippen LogP contribution in [0.5, 0.6) is 5.75 Å². The van der Waals surface area contributed by atoms with Crippen LogP contribution < -0.4 is 10.1 Å². The second kappa shape index (κ2) is 7.65. The van der Waals surface area contributed by atoms with Gasteiger partial charge in [0.05, 0.1) is 12.6 Å². The minimum atomic E-state index is -0.554. The van der Waals surface area contributed by atoms with Crippen molar-refractivity contribution in [3.63, 3.8) is 0 Å². The Morgan fingerprint density at radius 3 is 2.54 bits per heavy atom. The molecule has 0 radical (unpaired) electrons. The minimum absolute atomic E-state index is 0.142. The highest BCUT2D eigenvalue weighted by molar-refractivity contribution is 5.97. The summed E-state index contributed by atoms with van der Waals surface area (Å²) in [6.07, 6.45) is 0. The maximum Gasteiger partial charge on any atom is 0.356 e. The van der Waals surface area contributed by atoms with E-state index in [-0.39, 0.29) is 11.6 Å². The lowest BCUT2D eigenvalue weighted by molar-refractivity contribution is -0.114. The zero-order valence-electron chi connectivity index (χ0n) is 14.5. The number of carbonyl (C=O) groups excluding carboxylic acids is 2. The molecule has 0 aliphatic heterocycles. The Labute approximate surface area is 150 Å². The first kappa shape index (κ1) is 17.4. The highest BCUT2D eigenvalue weighted by atomic mass is 16.5. The lowest BCUT2D eigenvalue weighted by Gasteiger charge is -2.12. The van der Waals surface area contributed by atoms with Crippen molar-refractivity contribution in [3.05, 3.63) is 65.9 Å². The van der Waals surface area contributed by atoms with E-state index in [2.05, 4.69) is 10.3 Å². The van der Waals surface area contributed by atoms with E-state index in [0.717, 1.165) is 10.9 Å². The fraction of sp³-hybridized carbons (Fsp3) is 0.150. The lowest BCUT2D eigenvalue weighted by atomic mass is 10.1. The van der Waals surface area contributed by atoms with Crippen molar-refractivity contribution in [2.45, 2.75) is 13.5 Å². The van der Waals surface area contributed by atoms with Gasteiger partial charge in [0.2, 0.25) is 5.91 Å². The van der Waals surface area contributed by atoms with Gasteiger partial charge in [-0.1, -0.05) is 30.3 Å². The summed E-state index contributed by atoms with van der Waals surface area (Å²) in [5, 5.41) is 3.44. The lowest BCUT2D eigenvalue weighted by Crippen LogP contribution is -2.08. The van der Waals surface area contributed by atoms with Gasteiger partial charge in [-0.15, -0.1) is 0 Å². The molecule has 1 aromatic heterocycles. The van der Waals surface area contributed by atoms with Crippen LogP contribution in [0.25, 0.3) is 10.9 Å². The van der Waals surface area contributed by atoms with Gasteiger partial charge in [-0.25, -0.2) is 9.78 Å². The SMILES string of the molecule is COC(=O)c1cc(OCc2ccccc2)c2ccc(NC(C)=O)cc2n1. The van der Waals surface area contributed by atoms with E-state index in [1.807, 2.05) is 30.3 Å². The summed E-state index contributed by atoms with van der Waals surface area (Å²) < 4.78 is 10.7. The molecule has 0 atom stereocenters. The van der Waals surface area contributed by atoms with Gasteiger partial charge in [0.25, 0.3) is 0 Å². The molecule has 1 amide bonds. The second-order valence-electron chi connectivity index (χ2n) is 5.68.